The molecule has 1 heterocycles. The van der Waals surface area contributed by atoms with E-state index >= 15 is 0 Å². The van der Waals surface area contributed by atoms with Crippen LogP contribution in [0.25, 0.3) is 11.3 Å². The van der Waals surface area contributed by atoms with Gasteiger partial charge in [0, 0.05) is 18.7 Å². The average Bonchev–Trinajstić information content (AvgIpc) is 2.90. The van der Waals surface area contributed by atoms with Crippen LogP contribution in [0.15, 0.2) is 34.9 Å². The van der Waals surface area contributed by atoms with Crippen LogP contribution in [0, 0.1) is 0 Å². The predicted molar refractivity (Wildman–Crippen MR) is 74.5 cm³/mol. The Labute approximate surface area is 113 Å². The van der Waals surface area contributed by atoms with Crippen molar-refractivity contribution in [3.63, 3.8) is 0 Å². The molecule has 4 nitrogen and oxygen atoms in total. The number of hydrogen-bond acceptors (Lipinski definition) is 4. The number of ether oxygens (including phenoxy) is 1. The Bertz CT molecular complexity index is 505. The first-order valence-electron chi connectivity index (χ1n) is 6.55. The van der Waals surface area contributed by atoms with Crippen molar-refractivity contribution in [2.45, 2.75) is 32.4 Å². The van der Waals surface area contributed by atoms with Crippen LogP contribution in [0.5, 0.6) is 0 Å². The average molecular weight is 260 g/mol. The molecule has 0 amide bonds. The van der Waals surface area contributed by atoms with Gasteiger partial charge < -0.3 is 15.0 Å². The summed E-state index contributed by atoms with van der Waals surface area (Å²) < 4.78 is 10.4. The zero-order valence-electron chi connectivity index (χ0n) is 11.4. The summed E-state index contributed by atoms with van der Waals surface area (Å²) in [6.45, 7) is 2.72. The van der Waals surface area contributed by atoms with Gasteiger partial charge in [0.1, 0.15) is 5.69 Å². The van der Waals surface area contributed by atoms with Crippen LogP contribution in [0.1, 0.15) is 37.1 Å². The Kier molecular flexibility index (Phi) is 4.71. The first kappa shape index (κ1) is 13.8. The molecule has 0 radical (unpaired) electrons. The van der Waals surface area contributed by atoms with Gasteiger partial charge in [0.25, 0.3) is 0 Å². The Hall–Kier alpha value is -1.65. The van der Waals surface area contributed by atoms with E-state index in [1.54, 1.807) is 7.11 Å². The third kappa shape index (κ3) is 3.43. The fourth-order valence-corrected chi connectivity index (χ4v) is 1.99. The molecule has 1 aromatic carbocycles. The Morgan fingerprint density at radius 3 is 2.68 bits per heavy atom. The maximum absolute atomic E-state index is 6.01. The van der Waals surface area contributed by atoms with Crippen LogP contribution in [-0.2, 0) is 11.3 Å². The monoisotopic (exact) mass is 260 g/mol. The van der Waals surface area contributed by atoms with Gasteiger partial charge in [-0.1, -0.05) is 42.8 Å². The molecule has 4 heteroatoms. The summed E-state index contributed by atoms with van der Waals surface area (Å²) in [5.41, 5.74) is 9.00. The number of methoxy groups -OCH3 is 1. The third-order valence-corrected chi connectivity index (χ3v) is 3.05. The largest absolute Gasteiger partial charge is 0.380 e. The molecule has 2 aromatic rings. The molecule has 0 aliphatic carbocycles. The van der Waals surface area contributed by atoms with Crippen LogP contribution in [0.4, 0.5) is 0 Å². The molecule has 0 aliphatic rings. The van der Waals surface area contributed by atoms with Crippen molar-refractivity contribution in [2.75, 3.05) is 7.11 Å². The Balaban J connectivity index is 2.13. The minimum absolute atomic E-state index is 0.0704. The molecule has 0 saturated carbocycles. The van der Waals surface area contributed by atoms with Crippen molar-refractivity contribution in [3.8, 4) is 11.3 Å². The molecule has 0 fully saturated rings. The molecule has 0 bridgehead atoms. The fourth-order valence-electron chi connectivity index (χ4n) is 1.99. The summed E-state index contributed by atoms with van der Waals surface area (Å²) in [6, 6.07) is 9.94. The summed E-state index contributed by atoms with van der Waals surface area (Å²) >= 11 is 0. The van der Waals surface area contributed by atoms with Gasteiger partial charge in [-0.15, -0.1) is 0 Å². The zero-order chi connectivity index (χ0) is 13.7. The first-order chi connectivity index (χ1) is 9.24. The van der Waals surface area contributed by atoms with Crippen LogP contribution in [-0.4, -0.2) is 12.3 Å². The normalized spacial score (nSPS) is 12.6. The molecule has 1 aromatic heterocycles. The highest BCUT2D eigenvalue weighted by Gasteiger charge is 2.12. The number of rotatable bonds is 6. The van der Waals surface area contributed by atoms with Gasteiger partial charge in [-0.25, -0.2) is 0 Å². The van der Waals surface area contributed by atoms with Crippen LogP contribution in [0.3, 0.4) is 0 Å². The lowest BCUT2D eigenvalue weighted by Gasteiger charge is -2.03. The minimum Gasteiger partial charge on any atom is -0.380 e. The zero-order valence-corrected chi connectivity index (χ0v) is 11.4. The number of benzene rings is 1. The Morgan fingerprint density at radius 1 is 1.32 bits per heavy atom. The van der Waals surface area contributed by atoms with Gasteiger partial charge in [-0.3, -0.25) is 0 Å². The van der Waals surface area contributed by atoms with Crippen LogP contribution in [0.2, 0.25) is 0 Å². The predicted octanol–water partition coefficient (Wildman–Crippen LogP) is 3.29. The van der Waals surface area contributed by atoms with E-state index in [9.17, 15) is 0 Å². The SMILES string of the molecule is CCCC(N)c1cc(-c2ccc(COC)cc2)no1. The second-order valence-corrected chi connectivity index (χ2v) is 4.64. The molecule has 2 rings (SSSR count). The maximum Gasteiger partial charge on any atom is 0.154 e. The summed E-state index contributed by atoms with van der Waals surface area (Å²) in [6.07, 6.45) is 1.93. The molecule has 0 spiro atoms. The van der Waals surface area contributed by atoms with E-state index in [1.165, 1.54) is 0 Å². The van der Waals surface area contributed by atoms with Crippen LogP contribution < -0.4 is 5.73 Å². The number of nitrogens with two attached hydrogens (primary N) is 1. The lowest BCUT2D eigenvalue weighted by atomic mass is 10.1. The number of aromatic nitrogens is 1. The van der Waals surface area contributed by atoms with Gasteiger partial charge in [0.2, 0.25) is 0 Å². The van der Waals surface area contributed by atoms with E-state index in [0.717, 1.165) is 35.4 Å². The summed E-state index contributed by atoms with van der Waals surface area (Å²) in [7, 11) is 1.69. The summed E-state index contributed by atoms with van der Waals surface area (Å²) in [5.74, 6) is 0.748. The van der Waals surface area contributed by atoms with E-state index in [0.29, 0.717) is 6.61 Å². The molecular weight excluding hydrogens is 240 g/mol. The minimum atomic E-state index is -0.0704. The molecule has 0 aliphatic heterocycles. The third-order valence-electron chi connectivity index (χ3n) is 3.05. The van der Waals surface area contributed by atoms with Crippen molar-refractivity contribution in [2.24, 2.45) is 5.73 Å². The number of hydrogen-bond donors (Lipinski definition) is 1. The highest BCUT2D eigenvalue weighted by molar-refractivity contribution is 5.59. The van der Waals surface area contributed by atoms with Crippen molar-refractivity contribution >= 4 is 0 Å². The lowest BCUT2D eigenvalue weighted by molar-refractivity contribution is 0.185. The van der Waals surface area contributed by atoms with E-state index in [1.807, 2.05) is 30.3 Å². The standard InChI is InChI=1S/C15H20N2O2/c1-3-4-13(16)15-9-14(17-19-15)12-7-5-11(6-8-12)10-18-2/h5-9,13H,3-4,10,16H2,1-2H3. The molecular formula is C15H20N2O2. The smallest absolute Gasteiger partial charge is 0.154 e. The van der Waals surface area contributed by atoms with Gasteiger partial charge >= 0.3 is 0 Å². The highest BCUT2D eigenvalue weighted by Crippen LogP contribution is 2.24. The molecule has 1 atom stereocenters. The quantitative estimate of drug-likeness (QED) is 0.865. The van der Waals surface area contributed by atoms with Crippen molar-refractivity contribution in [3.05, 3.63) is 41.7 Å². The van der Waals surface area contributed by atoms with Gasteiger partial charge in [-0.05, 0) is 12.0 Å². The molecule has 102 valence electrons. The molecule has 2 N–H and O–H groups in total. The van der Waals surface area contributed by atoms with E-state index in [2.05, 4.69) is 12.1 Å². The van der Waals surface area contributed by atoms with Crippen LogP contribution >= 0.6 is 0 Å². The molecule has 1 unspecified atom stereocenters. The van der Waals surface area contributed by atoms with Crippen molar-refractivity contribution in [1.82, 2.24) is 5.16 Å². The first-order valence-corrected chi connectivity index (χ1v) is 6.55. The fraction of sp³-hybridized carbons (Fsp3) is 0.400. The van der Waals surface area contributed by atoms with E-state index in [4.69, 9.17) is 15.0 Å². The van der Waals surface area contributed by atoms with Crippen molar-refractivity contribution < 1.29 is 9.26 Å². The lowest BCUT2D eigenvalue weighted by Crippen LogP contribution is -2.08. The molecule has 19 heavy (non-hydrogen) atoms. The topological polar surface area (TPSA) is 61.3 Å². The van der Waals surface area contributed by atoms with Crippen molar-refractivity contribution in [1.29, 1.82) is 0 Å². The van der Waals surface area contributed by atoms with Gasteiger partial charge in [-0.2, -0.15) is 0 Å². The summed E-state index contributed by atoms with van der Waals surface area (Å²) in [5, 5.41) is 4.08. The maximum atomic E-state index is 6.01. The number of nitrogens with zero attached hydrogens (tertiary/aromatic N) is 1. The second-order valence-electron chi connectivity index (χ2n) is 4.64. The highest BCUT2D eigenvalue weighted by atomic mass is 16.5. The van der Waals surface area contributed by atoms with Gasteiger partial charge in [0.05, 0.1) is 12.6 Å². The Morgan fingerprint density at radius 2 is 2.05 bits per heavy atom. The van der Waals surface area contributed by atoms with E-state index in [-0.39, 0.29) is 6.04 Å². The summed E-state index contributed by atoms with van der Waals surface area (Å²) in [4.78, 5) is 0. The molecule has 0 saturated heterocycles. The van der Waals surface area contributed by atoms with Gasteiger partial charge in [0.15, 0.2) is 5.76 Å². The van der Waals surface area contributed by atoms with E-state index < -0.39 is 0 Å². The second kappa shape index (κ2) is 6.50.